The van der Waals surface area contributed by atoms with Crippen molar-refractivity contribution >= 4 is 65.0 Å². The Bertz CT molecular complexity index is 2280. The van der Waals surface area contributed by atoms with Gasteiger partial charge in [-0.2, -0.15) is 0 Å². The molecular weight excluding hydrogens is 1080 g/mol. The van der Waals surface area contributed by atoms with E-state index in [-0.39, 0.29) is 77.7 Å². The van der Waals surface area contributed by atoms with Crippen molar-refractivity contribution in [3.8, 4) is 0 Å². The molecule has 1 saturated heterocycles. The van der Waals surface area contributed by atoms with Crippen LogP contribution in [0.1, 0.15) is 104 Å². The first-order chi connectivity index (χ1) is 39.3. The number of nitrogens with one attached hydrogen (secondary N) is 11. The van der Waals surface area contributed by atoms with Crippen molar-refractivity contribution in [2.45, 2.75) is 184 Å². The van der Waals surface area contributed by atoms with Gasteiger partial charge >= 0.3 is 0 Å². The van der Waals surface area contributed by atoms with Gasteiger partial charge in [0.25, 0.3) is 0 Å². The maximum atomic E-state index is 14.5. The fourth-order valence-corrected chi connectivity index (χ4v) is 8.65. The fraction of sp³-hybridized carbons (Fsp3) is 0.679. The Labute approximate surface area is 483 Å². The summed E-state index contributed by atoms with van der Waals surface area (Å²) in [4.78, 5) is 153. The second kappa shape index (κ2) is 38.0. The highest BCUT2D eigenvalue weighted by molar-refractivity contribution is 5.99. The summed E-state index contributed by atoms with van der Waals surface area (Å²) in [5.41, 5.74) is 29.7. The third-order valence-corrected chi connectivity index (χ3v) is 13.4. The number of aliphatic hydroxyl groups excluding tert-OH is 3. The average Bonchev–Trinajstić information content (AvgIpc) is 3.51. The van der Waals surface area contributed by atoms with Gasteiger partial charge in [-0.1, -0.05) is 57.0 Å². The molecule has 11 amide bonds. The van der Waals surface area contributed by atoms with Gasteiger partial charge in [-0.3, -0.25) is 52.7 Å². The number of carbonyl (C=O) groups is 11. The Morgan fingerprint density at radius 1 is 0.530 bits per heavy atom. The molecule has 2 rings (SSSR count). The number of hydrogen-bond donors (Lipinski definition) is 19. The molecule has 0 saturated carbocycles. The van der Waals surface area contributed by atoms with Gasteiger partial charge in [0, 0.05) is 19.4 Å². The number of aliphatic hydroxyl groups is 3. The van der Waals surface area contributed by atoms with Gasteiger partial charge < -0.3 is 102 Å². The lowest BCUT2D eigenvalue weighted by Gasteiger charge is -2.29. The predicted molar refractivity (Wildman–Crippen MR) is 304 cm³/mol. The number of nitrogens with two attached hydrogens (primary N) is 5. The van der Waals surface area contributed by atoms with E-state index >= 15 is 0 Å². The van der Waals surface area contributed by atoms with Crippen LogP contribution in [0.5, 0.6) is 0 Å². The average molecular weight is 1180 g/mol. The van der Waals surface area contributed by atoms with E-state index in [4.69, 9.17) is 28.7 Å². The van der Waals surface area contributed by atoms with Crippen molar-refractivity contribution in [3.63, 3.8) is 0 Å². The van der Waals surface area contributed by atoms with Crippen LogP contribution in [-0.4, -0.2) is 198 Å². The Kier molecular flexibility index (Phi) is 33.1. The van der Waals surface area contributed by atoms with E-state index in [1.54, 1.807) is 30.3 Å². The van der Waals surface area contributed by atoms with E-state index in [1.165, 1.54) is 20.8 Å². The zero-order valence-electron chi connectivity index (χ0n) is 48.2. The Morgan fingerprint density at radius 2 is 1.00 bits per heavy atom. The highest BCUT2D eigenvalue weighted by atomic mass is 16.3. The van der Waals surface area contributed by atoms with Crippen LogP contribution in [0.2, 0.25) is 0 Å². The Balaban J connectivity index is 2.67. The molecule has 1 aliphatic rings. The number of unbranched alkanes of at least 4 members (excludes halogenated alkanes) is 1. The number of rotatable bonds is 27. The first-order valence-electron chi connectivity index (χ1n) is 28.2. The third kappa shape index (κ3) is 25.6. The Morgan fingerprint density at radius 3 is 1.49 bits per heavy atom. The van der Waals surface area contributed by atoms with Crippen LogP contribution in [0.3, 0.4) is 0 Å². The molecule has 0 bridgehead atoms. The fourth-order valence-electron chi connectivity index (χ4n) is 8.65. The van der Waals surface area contributed by atoms with E-state index in [1.807, 2.05) is 0 Å². The minimum atomic E-state index is -1.77. The van der Waals surface area contributed by atoms with Crippen LogP contribution in [0.4, 0.5) is 0 Å². The van der Waals surface area contributed by atoms with Crippen molar-refractivity contribution in [2.24, 2.45) is 34.6 Å². The van der Waals surface area contributed by atoms with E-state index in [2.05, 4.69) is 72.3 Å². The summed E-state index contributed by atoms with van der Waals surface area (Å²) in [5.74, 6) is -10.1. The Hall–Kier alpha value is -6.93. The lowest BCUT2D eigenvalue weighted by molar-refractivity contribution is -0.137. The van der Waals surface area contributed by atoms with Gasteiger partial charge in [-0.05, 0) is 110 Å². The minimum absolute atomic E-state index is 0.0266. The summed E-state index contributed by atoms with van der Waals surface area (Å²) >= 11 is 0. The first kappa shape index (κ1) is 72.2. The number of carbonyl (C=O) groups excluding carboxylic acids is 11. The largest absolute Gasteiger partial charge is 0.391 e. The molecule has 24 N–H and O–H groups in total. The maximum absolute atomic E-state index is 14.5. The number of amides is 11. The molecule has 1 aromatic carbocycles. The molecule has 0 aliphatic carbocycles. The number of benzene rings is 1. The van der Waals surface area contributed by atoms with Crippen LogP contribution < -0.4 is 87.2 Å². The molecule has 1 aliphatic heterocycles. The van der Waals surface area contributed by atoms with Gasteiger partial charge in [0.1, 0.15) is 60.4 Å². The van der Waals surface area contributed by atoms with E-state index in [9.17, 15) is 68.1 Å². The lowest BCUT2D eigenvalue weighted by atomic mass is 10.0. The van der Waals surface area contributed by atoms with Crippen molar-refractivity contribution < 1.29 is 68.1 Å². The smallest absolute Gasteiger partial charge is 0.245 e. The molecule has 468 valence electrons. The number of hydrogen-bond acceptors (Lipinski definition) is 19. The first-order valence-corrected chi connectivity index (χ1v) is 28.2. The summed E-state index contributed by atoms with van der Waals surface area (Å²) in [6, 6.07) is -7.36. The highest BCUT2D eigenvalue weighted by Crippen LogP contribution is 2.11. The molecule has 1 heterocycles. The molecular formula is C53H92N16O14. The second-order valence-corrected chi connectivity index (χ2v) is 21.0. The van der Waals surface area contributed by atoms with Crippen molar-refractivity contribution in [3.05, 3.63) is 35.9 Å². The quantitative estimate of drug-likeness (QED) is 0.0364. The molecule has 0 aromatic heterocycles. The van der Waals surface area contributed by atoms with Gasteiger partial charge in [0.2, 0.25) is 65.0 Å². The molecule has 1 fully saturated rings. The lowest BCUT2D eigenvalue weighted by Crippen LogP contribution is -2.62. The highest BCUT2D eigenvalue weighted by Gasteiger charge is 2.38. The summed E-state index contributed by atoms with van der Waals surface area (Å²) in [7, 11) is 0. The molecule has 30 heteroatoms. The molecule has 0 radical (unpaired) electrons. The second-order valence-electron chi connectivity index (χ2n) is 21.0. The van der Waals surface area contributed by atoms with Crippen molar-refractivity contribution in [1.29, 1.82) is 0 Å². The summed E-state index contributed by atoms with van der Waals surface area (Å²) in [5, 5.41) is 59.6. The van der Waals surface area contributed by atoms with Crippen molar-refractivity contribution in [1.82, 2.24) is 58.5 Å². The van der Waals surface area contributed by atoms with E-state index in [0.29, 0.717) is 17.9 Å². The molecule has 83 heavy (non-hydrogen) atoms. The SMILES string of the molecule is CC(C)CCCCC(=O)NC(CCN)C(=O)NC(C(=O)NC(CCN)C(=O)NC1CCNC(=O)C(C(C)O)NC(=O)C(CCN)NC(=O)C(CCN)NC(=O)C(C(C)O)NC(=O)C(Cc2ccccc2)NC(=O)C(CCN)NC1=O)C(C)O. The van der Waals surface area contributed by atoms with Crippen LogP contribution in [0.15, 0.2) is 30.3 Å². The van der Waals surface area contributed by atoms with Crippen LogP contribution >= 0.6 is 0 Å². The molecule has 13 atom stereocenters. The van der Waals surface area contributed by atoms with E-state index in [0.717, 1.165) is 12.8 Å². The van der Waals surface area contributed by atoms with E-state index < -0.39 is 157 Å². The maximum Gasteiger partial charge on any atom is 0.245 e. The van der Waals surface area contributed by atoms with Gasteiger partial charge in [-0.25, -0.2) is 0 Å². The molecule has 13 unspecified atom stereocenters. The topological polar surface area (TPSA) is 511 Å². The zero-order valence-corrected chi connectivity index (χ0v) is 48.2. The van der Waals surface area contributed by atoms with Crippen LogP contribution in [-0.2, 0) is 59.2 Å². The minimum Gasteiger partial charge on any atom is -0.391 e. The van der Waals surface area contributed by atoms with Crippen LogP contribution in [0.25, 0.3) is 0 Å². The molecule has 1 aromatic rings. The molecule has 30 nitrogen and oxygen atoms in total. The summed E-state index contributed by atoms with van der Waals surface area (Å²) < 4.78 is 0. The van der Waals surface area contributed by atoms with Crippen LogP contribution in [0, 0.1) is 5.92 Å². The third-order valence-electron chi connectivity index (χ3n) is 13.4. The predicted octanol–water partition coefficient (Wildman–Crippen LogP) is -7.30. The summed E-state index contributed by atoms with van der Waals surface area (Å²) in [6.45, 7) is 6.31. The van der Waals surface area contributed by atoms with Gasteiger partial charge in [0.15, 0.2) is 0 Å². The van der Waals surface area contributed by atoms with Gasteiger partial charge in [-0.15, -0.1) is 0 Å². The summed E-state index contributed by atoms with van der Waals surface area (Å²) in [6.07, 6.45) is -4.12. The normalized spacial score (nSPS) is 23.2. The van der Waals surface area contributed by atoms with Crippen molar-refractivity contribution in [2.75, 3.05) is 39.3 Å². The standard InChI is InChI=1S/C53H92N16O14/c1-28(2)11-9-10-14-40(73)60-33(15-21-54)48(78)68-42(30(4)71)52(82)65-36(18-24-57)45(75)63-38-20-26-59-51(81)41(29(3)70)67-49(79)37(19-25-58)62-44(74)35(17-23-56)64-53(83)43(31(5)72)69-50(80)39(27-32-12-7-6-8-13-32)66-46(76)34(16-22-55)61-47(38)77/h6-8,12-13,28-31,33-39,41-43,70-72H,9-11,14-27,54-58H2,1-5H3,(H,59,81)(H,60,73)(H,61,77)(H,62,74)(H,63,75)(H,64,83)(H,65,82)(H,66,76)(H,67,79)(H,68,78)(H,69,80). The van der Waals surface area contributed by atoms with Gasteiger partial charge in [0.05, 0.1) is 18.3 Å². The molecule has 0 spiro atoms. The zero-order chi connectivity index (χ0) is 62.3. The monoisotopic (exact) mass is 1180 g/mol.